The SMILES string of the molecule is COCC(NN)C1COCCO1. The van der Waals surface area contributed by atoms with Crippen molar-refractivity contribution in [2.75, 3.05) is 33.5 Å². The van der Waals surface area contributed by atoms with Crippen LogP contribution in [0.3, 0.4) is 0 Å². The van der Waals surface area contributed by atoms with Crippen molar-refractivity contribution >= 4 is 0 Å². The Morgan fingerprint density at radius 2 is 2.50 bits per heavy atom. The molecule has 0 bridgehead atoms. The van der Waals surface area contributed by atoms with E-state index in [-0.39, 0.29) is 12.1 Å². The van der Waals surface area contributed by atoms with Crippen LogP contribution in [0.1, 0.15) is 0 Å². The Hall–Kier alpha value is -0.200. The Balaban J connectivity index is 2.29. The first-order chi connectivity index (χ1) is 5.88. The second-order valence-corrected chi connectivity index (χ2v) is 2.71. The number of rotatable bonds is 4. The van der Waals surface area contributed by atoms with Gasteiger partial charge in [-0.05, 0) is 0 Å². The van der Waals surface area contributed by atoms with E-state index < -0.39 is 0 Å². The maximum absolute atomic E-state index is 5.44. The molecule has 1 rings (SSSR count). The fraction of sp³-hybridized carbons (Fsp3) is 1.00. The van der Waals surface area contributed by atoms with Crippen LogP contribution < -0.4 is 11.3 Å². The van der Waals surface area contributed by atoms with Crippen molar-refractivity contribution in [3.05, 3.63) is 0 Å². The molecular formula is C7H16N2O3. The Labute approximate surface area is 72.1 Å². The number of nitrogens with one attached hydrogen (secondary N) is 1. The standard InChI is InChI=1S/C7H16N2O3/c1-10-4-6(9-8)7-5-11-2-3-12-7/h6-7,9H,2-5,8H2,1H3. The topological polar surface area (TPSA) is 65.7 Å². The van der Waals surface area contributed by atoms with Gasteiger partial charge in [-0.1, -0.05) is 0 Å². The van der Waals surface area contributed by atoms with E-state index in [4.69, 9.17) is 20.1 Å². The van der Waals surface area contributed by atoms with Gasteiger partial charge in [0.25, 0.3) is 0 Å². The molecule has 0 aliphatic carbocycles. The average Bonchev–Trinajstić information content (AvgIpc) is 2.15. The number of hydrazine groups is 1. The van der Waals surface area contributed by atoms with E-state index >= 15 is 0 Å². The summed E-state index contributed by atoms with van der Waals surface area (Å²) in [6.07, 6.45) is 0.00343. The predicted octanol–water partition coefficient (Wildman–Crippen LogP) is -1.12. The molecule has 3 N–H and O–H groups in total. The van der Waals surface area contributed by atoms with E-state index in [1.165, 1.54) is 0 Å². The summed E-state index contributed by atoms with van der Waals surface area (Å²) in [7, 11) is 1.63. The maximum atomic E-state index is 5.44. The lowest BCUT2D eigenvalue weighted by Crippen LogP contribution is -2.51. The summed E-state index contributed by atoms with van der Waals surface area (Å²) < 4.78 is 15.6. The Bertz CT molecular complexity index is 114. The van der Waals surface area contributed by atoms with Crippen molar-refractivity contribution in [3.63, 3.8) is 0 Å². The van der Waals surface area contributed by atoms with Gasteiger partial charge in [0.1, 0.15) is 0 Å². The highest BCUT2D eigenvalue weighted by Crippen LogP contribution is 2.05. The Morgan fingerprint density at radius 1 is 1.67 bits per heavy atom. The molecule has 1 aliphatic rings. The van der Waals surface area contributed by atoms with Crippen molar-refractivity contribution in [3.8, 4) is 0 Å². The van der Waals surface area contributed by atoms with Gasteiger partial charge in [0.2, 0.25) is 0 Å². The van der Waals surface area contributed by atoms with Gasteiger partial charge in [-0.25, -0.2) is 0 Å². The summed E-state index contributed by atoms with van der Waals surface area (Å²) in [5, 5.41) is 0. The minimum atomic E-state index is 0.00343. The van der Waals surface area contributed by atoms with Gasteiger partial charge in [0.05, 0.1) is 38.6 Å². The summed E-state index contributed by atoms with van der Waals surface area (Å²) in [6.45, 7) is 2.41. The minimum absolute atomic E-state index is 0.00343. The van der Waals surface area contributed by atoms with Gasteiger partial charge in [0, 0.05) is 7.11 Å². The third-order valence-electron chi connectivity index (χ3n) is 1.85. The molecule has 0 radical (unpaired) electrons. The van der Waals surface area contributed by atoms with Gasteiger partial charge in [-0.3, -0.25) is 11.3 Å². The smallest absolute Gasteiger partial charge is 0.0998 e. The molecular weight excluding hydrogens is 160 g/mol. The van der Waals surface area contributed by atoms with Crippen molar-refractivity contribution in [1.82, 2.24) is 5.43 Å². The van der Waals surface area contributed by atoms with E-state index in [0.717, 1.165) is 0 Å². The fourth-order valence-corrected chi connectivity index (χ4v) is 1.18. The molecule has 0 amide bonds. The molecule has 1 fully saturated rings. The number of hydrogen-bond acceptors (Lipinski definition) is 5. The first kappa shape index (κ1) is 9.88. The lowest BCUT2D eigenvalue weighted by molar-refractivity contribution is -0.108. The molecule has 2 unspecified atom stereocenters. The van der Waals surface area contributed by atoms with E-state index in [0.29, 0.717) is 26.4 Å². The molecule has 5 heteroatoms. The third kappa shape index (κ3) is 2.69. The van der Waals surface area contributed by atoms with Crippen LogP contribution in [0.2, 0.25) is 0 Å². The monoisotopic (exact) mass is 176 g/mol. The van der Waals surface area contributed by atoms with E-state index in [2.05, 4.69) is 5.43 Å². The van der Waals surface area contributed by atoms with Crippen LogP contribution in [0.15, 0.2) is 0 Å². The molecule has 1 heterocycles. The number of methoxy groups -OCH3 is 1. The molecule has 0 aromatic carbocycles. The molecule has 12 heavy (non-hydrogen) atoms. The molecule has 1 aliphatic heterocycles. The quantitative estimate of drug-likeness (QED) is 0.419. The molecule has 5 nitrogen and oxygen atoms in total. The van der Waals surface area contributed by atoms with Gasteiger partial charge >= 0.3 is 0 Å². The van der Waals surface area contributed by atoms with Crippen molar-refractivity contribution < 1.29 is 14.2 Å². The number of nitrogens with two attached hydrogens (primary N) is 1. The second-order valence-electron chi connectivity index (χ2n) is 2.71. The van der Waals surface area contributed by atoms with Crippen LogP contribution in [0.25, 0.3) is 0 Å². The lowest BCUT2D eigenvalue weighted by atomic mass is 10.2. The summed E-state index contributed by atoms with van der Waals surface area (Å²) in [4.78, 5) is 0. The summed E-state index contributed by atoms with van der Waals surface area (Å²) in [6, 6.07) is 0.00954. The maximum Gasteiger partial charge on any atom is 0.0998 e. The van der Waals surface area contributed by atoms with Crippen LogP contribution in [0, 0.1) is 0 Å². The highest BCUT2D eigenvalue weighted by Gasteiger charge is 2.23. The first-order valence-electron chi connectivity index (χ1n) is 4.03. The average molecular weight is 176 g/mol. The van der Waals surface area contributed by atoms with Crippen molar-refractivity contribution in [1.29, 1.82) is 0 Å². The zero-order chi connectivity index (χ0) is 8.81. The molecule has 0 aromatic heterocycles. The molecule has 72 valence electrons. The van der Waals surface area contributed by atoms with Gasteiger partial charge < -0.3 is 14.2 Å². The lowest BCUT2D eigenvalue weighted by Gasteiger charge is -2.29. The summed E-state index contributed by atoms with van der Waals surface area (Å²) in [5.74, 6) is 5.32. The second kappa shape index (κ2) is 5.45. The van der Waals surface area contributed by atoms with Crippen LogP contribution in [0.5, 0.6) is 0 Å². The third-order valence-corrected chi connectivity index (χ3v) is 1.85. The van der Waals surface area contributed by atoms with E-state index in [1.54, 1.807) is 7.11 Å². The zero-order valence-electron chi connectivity index (χ0n) is 7.29. The van der Waals surface area contributed by atoms with Crippen molar-refractivity contribution in [2.24, 2.45) is 5.84 Å². The van der Waals surface area contributed by atoms with Gasteiger partial charge in [-0.15, -0.1) is 0 Å². The van der Waals surface area contributed by atoms with E-state index in [1.807, 2.05) is 0 Å². The highest BCUT2D eigenvalue weighted by atomic mass is 16.6. The molecule has 2 atom stereocenters. The molecule has 0 spiro atoms. The van der Waals surface area contributed by atoms with Crippen LogP contribution in [-0.4, -0.2) is 45.7 Å². The summed E-state index contributed by atoms with van der Waals surface area (Å²) >= 11 is 0. The van der Waals surface area contributed by atoms with Crippen LogP contribution in [-0.2, 0) is 14.2 Å². The molecule has 0 aromatic rings. The highest BCUT2D eigenvalue weighted by molar-refractivity contribution is 4.76. The zero-order valence-corrected chi connectivity index (χ0v) is 7.29. The number of ether oxygens (including phenoxy) is 3. The van der Waals surface area contributed by atoms with E-state index in [9.17, 15) is 0 Å². The van der Waals surface area contributed by atoms with Crippen LogP contribution in [0.4, 0.5) is 0 Å². The Kier molecular flexibility index (Phi) is 4.49. The minimum Gasteiger partial charge on any atom is -0.383 e. The molecule has 0 saturated carbocycles. The fourth-order valence-electron chi connectivity index (χ4n) is 1.18. The number of hydrogen-bond donors (Lipinski definition) is 2. The largest absolute Gasteiger partial charge is 0.383 e. The predicted molar refractivity (Wildman–Crippen MR) is 43.5 cm³/mol. The molecule has 1 saturated heterocycles. The van der Waals surface area contributed by atoms with Gasteiger partial charge in [0.15, 0.2) is 0 Å². The van der Waals surface area contributed by atoms with Gasteiger partial charge in [-0.2, -0.15) is 0 Å². The summed E-state index contributed by atoms with van der Waals surface area (Å²) in [5.41, 5.74) is 2.64. The first-order valence-corrected chi connectivity index (χ1v) is 4.03. The normalized spacial score (nSPS) is 27.0. The Morgan fingerprint density at radius 3 is 3.00 bits per heavy atom. The van der Waals surface area contributed by atoms with Crippen molar-refractivity contribution in [2.45, 2.75) is 12.1 Å². The van der Waals surface area contributed by atoms with Crippen LogP contribution >= 0.6 is 0 Å².